The predicted molar refractivity (Wildman–Crippen MR) is 86.7 cm³/mol. The van der Waals surface area contributed by atoms with E-state index in [9.17, 15) is 9.59 Å². The Morgan fingerprint density at radius 3 is 1.55 bits per heavy atom. The molecule has 1 rings (SSSR count). The molecule has 1 aliphatic carbocycles. The lowest BCUT2D eigenvalue weighted by Gasteiger charge is -2.26. The molecule has 0 N–H and O–H groups in total. The Morgan fingerprint density at radius 2 is 1.27 bits per heavy atom. The minimum atomic E-state index is -0.740. The van der Waals surface area contributed by atoms with Crippen molar-refractivity contribution in [2.75, 3.05) is 38.1 Å². The number of carbonyl (C=O) groups is 2. The molecule has 2 atom stereocenters. The van der Waals surface area contributed by atoms with E-state index in [2.05, 4.69) is 31.9 Å². The number of rotatable bonds is 8. The van der Waals surface area contributed by atoms with E-state index in [0.29, 0.717) is 35.4 Å². The van der Waals surface area contributed by atoms with Gasteiger partial charge in [0.05, 0.1) is 27.4 Å². The van der Waals surface area contributed by atoms with E-state index < -0.39 is 23.8 Å². The van der Waals surface area contributed by atoms with E-state index in [4.69, 9.17) is 18.9 Å². The molecule has 0 bridgehead atoms. The van der Waals surface area contributed by atoms with Crippen molar-refractivity contribution in [3.05, 3.63) is 23.7 Å². The topological polar surface area (TPSA) is 71.1 Å². The van der Waals surface area contributed by atoms with E-state index in [-0.39, 0.29) is 0 Å². The van der Waals surface area contributed by atoms with E-state index >= 15 is 0 Å². The Balaban J connectivity index is 3.10. The first-order chi connectivity index (χ1) is 10.6. The Bertz CT molecular complexity index is 418. The van der Waals surface area contributed by atoms with Gasteiger partial charge in [-0.15, -0.1) is 0 Å². The normalized spacial score (nSPS) is 20.5. The molecule has 8 heteroatoms. The Hall–Kier alpha value is -1.02. The van der Waals surface area contributed by atoms with Crippen molar-refractivity contribution in [3.8, 4) is 0 Å². The van der Waals surface area contributed by atoms with Crippen LogP contribution < -0.4 is 0 Å². The fraction of sp³-hybridized carbons (Fsp3) is 0.571. The Labute approximate surface area is 146 Å². The molecule has 0 amide bonds. The van der Waals surface area contributed by atoms with Crippen LogP contribution in [0.2, 0.25) is 0 Å². The maximum atomic E-state index is 11.9. The number of methoxy groups -OCH3 is 2. The van der Waals surface area contributed by atoms with E-state index in [1.165, 1.54) is 14.2 Å². The lowest BCUT2D eigenvalue weighted by Crippen LogP contribution is -2.29. The zero-order valence-electron chi connectivity index (χ0n) is 12.3. The molecule has 0 aromatic carbocycles. The number of carbonyl (C=O) groups excluding carboxylic acids is 2. The van der Waals surface area contributed by atoms with Crippen molar-refractivity contribution in [1.82, 2.24) is 0 Å². The molecule has 1 aliphatic rings. The van der Waals surface area contributed by atoms with Crippen LogP contribution >= 0.6 is 31.9 Å². The molecule has 124 valence electrons. The number of halogens is 2. The van der Waals surface area contributed by atoms with Gasteiger partial charge in [-0.2, -0.15) is 0 Å². The molecule has 0 saturated carbocycles. The highest BCUT2D eigenvalue weighted by Gasteiger charge is 2.35. The van der Waals surface area contributed by atoms with Crippen molar-refractivity contribution in [2.24, 2.45) is 11.8 Å². The van der Waals surface area contributed by atoms with Crippen molar-refractivity contribution in [2.45, 2.75) is 0 Å². The third-order valence-electron chi connectivity index (χ3n) is 2.88. The van der Waals surface area contributed by atoms with Gasteiger partial charge >= 0.3 is 11.9 Å². The van der Waals surface area contributed by atoms with Gasteiger partial charge in [0, 0.05) is 10.7 Å². The standard InChI is InChI=1S/C14H18Br2O6/c1-19-13(17)9-7-12(22-6-4-16)10(14(18)20-2)8-11(9)21-5-3-15/h7-10H,3-6H2,1-2H3. The van der Waals surface area contributed by atoms with Gasteiger partial charge < -0.3 is 18.9 Å². The van der Waals surface area contributed by atoms with Crippen LogP contribution in [0, 0.1) is 11.8 Å². The average Bonchev–Trinajstić information content (AvgIpc) is 2.56. The molecule has 0 fully saturated rings. The first-order valence-corrected chi connectivity index (χ1v) is 8.79. The zero-order valence-corrected chi connectivity index (χ0v) is 15.5. The average molecular weight is 442 g/mol. The molecule has 0 saturated heterocycles. The summed E-state index contributed by atoms with van der Waals surface area (Å²) in [5.74, 6) is -1.74. The number of esters is 2. The molecular formula is C14H18Br2O6. The van der Waals surface area contributed by atoms with Crippen LogP contribution in [-0.2, 0) is 28.5 Å². The molecule has 0 aliphatic heterocycles. The van der Waals surface area contributed by atoms with Gasteiger partial charge in [0.15, 0.2) is 0 Å². The summed E-state index contributed by atoms with van der Waals surface area (Å²) in [6.07, 6.45) is 3.08. The second-order valence-electron chi connectivity index (χ2n) is 4.21. The van der Waals surface area contributed by atoms with Crippen LogP contribution in [-0.4, -0.2) is 50.0 Å². The highest BCUT2D eigenvalue weighted by molar-refractivity contribution is 9.09. The summed E-state index contributed by atoms with van der Waals surface area (Å²) in [5.41, 5.74) is 0. The largest absolute Gasteiger partial charge is 0.496 e. The number of hydrogen-bond acceptors (Lipinski definition) is 6. The van der Waals surface area contributed by atoms with Crippen LogP contribution in [0.5, 0.6) is 0 Å². The van der Waals surface area contributed by atoms with Gasteiger partial charge in [-0.25, -0.2) is 0 Å². The van der Waals surface area contributed by atoms with Crippen LogP contribution in [0.1, 0.15) is 0 Å². The second-order valence-corrected chi connectivity index (χ2v) is 5.80. The molecular weight excluding hydrogens is 424 g/mol. The van der Waals surface area contributed by atoms with E-state index in [1.54, 1.807) is 12.2 Å². The van der Waals surface area contributed by atoms with Gasteiger partial charge in [0.1, 0.15) is 23.4 Å². The van der Waals surface area contributed by atoms with Gasteiger partial charge in [-0.05, 0) is 12.2 Å². The maximum Gasteiger partial charge on any atom is 0.320 e. The zero-order chi connectivity index (χ0) is 16.5. The number of alkyl halides is 2. The molecule has 2 unspecified atom stereocenters. The summed E-state index contributed by atoms with van der Waals surface area (Å²) in [7, 11) is 2.59. The molecule has 22 heavy (non-hydrogen) atoms. The summed E-state index contributed by atoms with van der Waals surface area (Å²) >= 11 is 6.50. The Morgan fingerprint density at radius 1 is 0.909 bits per heavy atom. The number of hydrogen-bond donors (Lipinski definition) is 0. The minimum absolute atomic E-state index is 0.355. The highest BCUT2D eigenvalue weighted by atomic mass is 79.9. The summed E-state index contributed by atoms with van der Waals surface area (Å²) in [6, 6.07) is 0. The fourth-order valence-electron chi connectivity index (χ4n) is 1.91. The second kappa shape index (κ2) is 9.89. The lowest BCUT2D eigenvalue weighted by atomic mass is 9.92. The van der Waals surface area contributed by atoms with Gasteiger partial charge in [0.25, 0.3) is 0 Å². The monoisotopic (exact) mass is 440 g/mol. The van der Waals surface area contributed by atoms with Crippen molar-refractivity contribution in [3.63, 3.8) is 0 Å². The van der Waals surface area contributed by atoms with Crippen LogP contribution in [0.4, 0.5) is 0 Å². The third-order valence-corrected chi connectivity index (χ3v) is 3.52. The van der Waals surface area contributed by atoms with Crippen molar-refractivity contribution >= 4 is 43.8 Å². The molecule has 0 aromatic rings. The van der Waals surface area contributed by atoms with Crippen LogP contribution in [0.3, 0.4) is 0 Å². The predicted octanol–water partition coefficient (Wildman–Crippen LogP) is 2.17. The smallest absolute Gasteiger partial charge is 0.320 e. The van der Waals surface area contributed by atoms with E-state index in [0.717, 1.165) is 0 Å². The van der Waals surface area contributed by atoms with Gasteiger partial charge in [0.2, 0.25) is 0 Å². The summed E-state index contributed by atoms with van der Waals surface area (Å²) < 4.78 is 20.6. The summed E-state index contributed by atoms with van der Waals surface area (Å²) in [6.45, 7) is 0.720. The minimum Gasteiger partial charge on any atom is -0.496 e. The summed E-state index contributed by atoms with van der Waals surface area (Å²) in [5, 5.41) is 1.19. The first kappa shape index (κ1) is 19.0. The highest BCUT2D eigenvalue weighted by Crippen LogP contribution is 2.31. The number of ether oxygens (including phenoxy) is 4. The maximum absolute atomic E-state index is 11.9. The molecule has 0 aromatic heterocycles. The van der Waals surface area contributed by atoms with Crippen molar-refractivity contribution < 1.29 is 28.5 Å². The Kier molecular flexibility index (Phi) is 8.55. The summed E-state index contributed by atoms with van der Waals surface area (Å²) in [4.78, 5) is 23.9. The molecule has 0 radical (unpaired) electrons. The van der Waals surface area contributed by atoms with Crippen LogP contribution in [0.15, 0.2) is 23.7 Å². The lowest BCUT2D eigenvalue weighted by molar-refractivity contribution is -0.146. The first-order valence-electron chi connectivity index (χ1n) is 6.55. The SMILES string of the molecule is COC(=O)C1C=C(OCCBr)C(C(=O)OC)C=C1OCCBr. The van der Waals surface area contributed by atoms with Gasteiger partial charge in [-0.3, -0.25) is 9.59 Å². The molecule has 6 nitrogen and oxygen atoms in total. The van der Waals surface area contributed by atoms with Gasteiger partial charge in [-0.1, -0.05) is 31.9 Å². The fourth-order valence-corrected chi connectivity index (χ4v) is 2.23. The van der Waals surface area contributed by atoms with Crippen LogP contribution in [0.25, 0.3) is 0 Å². The van der Waals surface area contributed by atoms with Crippen molar-refractivity contribution in [1.29, 1.82) is 0 Å². The quantitative estimate of drug-likeness (QED) is 0.424. The molecule has 0 spiro atoms. The van der Waals surface area contributed by atoms with E-state index in [1.807, 2.05) is 0 Å². The molecule has 0 heterocycles. The third kappa shape index (κ3) is 5.01.